The summed E-state index contributed by atoms with van der Waals surface area (Å²) >= 11 is 0. The smallest absolute Gasteiger partial charge is 0.219 e. The standard InChI is InChI=1S/C17H26N2O/c1-3-16(13-15-7-5-4-6-8-15)18-17-9-11-19(12-10-17)14(2)20/h4-8,16-18H,3,9-13H2,1-2H3. The lowest BCUT2D eigenvalue weighted by Crippen LogP contribution is -2.47. The number of amides is 1. The van der Waals surface area contributed by atoms with Gasteiger partial charge in [0.05, 0.1) is 0 Å². The summed E-state index contributed by atoms with van der Waals surface area (Å²) in [6.07, 6.45) is 4.38. The van der Waals surface area contributed by atoms with Gasteiger partial charge in [0, 0.05) is 32.1 Å². The third-order valence-electron chi connectivity index (χ3n) is 4.23. The maximum atomic E-state index is 11.3. The molecule has 1 N–H and O–H groups in total. The first-order valence-electron chi connectivity index (χ1n) is 7.74. The summed E-state index contributed by atoms with van der Waals surface area (Å²) in [5.74, 6) is 0.208. The van der Waals surface area contributed by atoms with Gasteiger partial charge in [0.25, 0.3) is 0 Å². The van der Waals surface area contributed by atoms with E-state index in [9.17, 15) is 4.79 Å². The van der Waals surface area contributed by atoms with Gasteiger partial charge in [0.1, 0.15) is 0 Å². The molecule has 110 valence electrons. The van der Waals surface area contributed by atoms with Gasteiger partial charge in [-0.25, -0.2) is 0 Å². The zero-order valence-electron chi connectivity index (χ0n) is 12.6. The number of nitrogens with zero attached hydrogens (tertiary/aromatic N) is 1. The van der Waals surface area contributed by atoms with Crippen molar-refractivity contribution in [3.05, 3.63) is 35.9 Å². The number of hydrogen-bond donors (Lipinski definition) is 1. The van der Waals surface area contributed by atoms with Crippen LogP contribution < -0.4 is 5.32 Å². The second-order valence-electron chi connectivity index (χ2n) is 5.74. The topological polar surface area (TPSA) is 32.3 Å². The van der Waals surface area contributed by atoms with Crippen molar-refractivity contribution in [1.82, 2.24) is 10.2 Å². The molecule has 0 aliphatic carbocycles. The van der Waals surface area contributed by atoms with Crippen molar-refractivity contribution in [3.63, 3.8) is 0 Å². The zero-order chi connectivity index (χ0) is 14.4. The number of hydrogen-bond acceptors (Lipinski definition) is 2. The Morgan fingerprint density at radius 1 is 1.30 bits per heavy atom. The highest BCUT2D eigenvalue weighted by molar-refractivity contribution is 5.73. The molecule has 1 aliphatic heterocycles. The van der Waals surface area contributed by atoms with Gasteiger partial charge in [0.2, 0.25) is 5.91 Å². The minimum atomic E-state index is 0.208. The second-order valence-corrected chi connectivity index (χ2v) is 5.74. The fraction of sp³-hybridized carbons (Fsp3) is 0.588. The Labute approximate surface area is 122 Å². The van der Waals surface area contributed by atoms with Crippen LogP contribution in [0.2, 0.25) is 0 Å². The van der Waals surface area contributed by atoms with Gasteiger partial charge in [-0.3, -0.25) is 4.79 Å². The molecule has 3 nitrogen and oxygen atoms in total. The van der Waals surface area contributed by atoms with Crippen LogP contribution in [0, 0.1) is 0 Å². The van der Waals surface area contributed by atoms with Crippen molar-refractivity contribution in [2.45, 2.75) is 51.6 Å². The monoisotopic (exact) mass is 274 g/mol. The van der Waals surface area contributed by atoms with Crippen LogP contribution in [0.1, 0.15) is 38.7 Å². The summed E-state index contributed by atoms with van der Waals surface area (Å²) in [5.41, 5.74) is 1.40. The van der Waals surface area contributed by atoms with Crippen molar-refractivity contribution in [2.75, 3.05) is 13.1 Å². The third-order valence-corrected chi connectivity index (χ3v) is 4.23. The molecule has 2 rings (SSSR count). The summed E-state index contributed by atoms with van der Waals surface area (Å²) in [6, 6.07) is 11.8. The summed E-state index contributed by atoms with van der Waals surface area (Å²) in [6.45, 7) is 5.70. The van der Waals surface area contributed by atoms with Crippen LogP contribution in [0.5, 0.6) is 0 Å². The molecule has 1 aliphatic rings. The average molecular weight is 274 g/mol. The summed E-state index contributed by atoms with van der Waals surface area (Å²) in [4.78, 5) is 13.3. The van der Waals surface area contributed by atoms with Gasteiger partial charge in [-0.1, -0.05) is 37.3 Å². The molecular formula is C17H26N2O. The number of carbonyl (C=O) groups is 1. The van der Waals surface area contributed by atoms with E-state index in [4.69, 9.17) is 0 Å². The average Bonchev–Trinajstić information content (AvgIpc) is 2.48. The van der Waals surface area contributed by atoms with Crippen LogP contribution in [0.4, 0.5) is 0 Å². The van der Waals surface area contributed by atoms with E-state index in [1.165, 1.54) is 5.56 Å². The van der Waals surface area contributed by atoms with Gasteiger partial charge < -0.3 is 10.2 Å². The van der Waals surface area contributed by atoms with Crippen molar-refractivity contribution < 1.29 is 4.79 Å². The van der Waals surface area contributed by atoms with Crippen LogP contribution in [-0.4, -0.2) is 36.0 Å². The fourth-order valence-electron chi connectivity index (χ4n) is 2.91. The lowest BCUT2D eigenvalue weighted by atomic mass is 9.99. The van der Waals surface area contributed by atoms with Crippen LogP contribution in [-0.2, 0) is 11.2 Å². The SMILES string of the molecule is CCC(Cc1ccccc1)NC1CCN(C(C)=O)CC1. The van der Waals surface area contributed by atoms with E-state index in [-0.39, 0.29) is 5.91 Å². The molecule has 0 spiro atoms. The van der Waals surface area contributed by atoms with Crippen LogP contribution >= 0.6 is 0 Å². The van der Waals surface area contributed by atoms with Crippen LogP contribution in [0.3, 0.4) is 0 Å². The minimum Gasteiger partial charge on any atom is -0.343 e. The van der Waals surface area contributed by atoms with Crippen LogP contribution in [0.15, 0.2) is 30.3 Å². The second kappa shape index (κ2) is 7.44. The molecule has 0 saturated carbocycles. The number of carbonyl (C=O) groups excluding carboxylic acids is 1. The minimum absolute atomic E-state index is 0.208. The molecule has 0 aromatic heterocycles. The zero-order valence-corrected chi connectivity index (χ0v) is 12.6. The van der Waals surface area contributed by atoms with E-state index >= 15 is 0 Å². The molecule has 1 amide bonds. The van der Waals surface area contributed by atoms with Gasteiger partial charge in [-0.2, -0.15) is 0 Å². The molecule has 1 aromatic carbocycles. The van der Waals surface area contributed by atoms with E-state index < -0.39 is 0 Å². The first-order chi connectivity index (χ1) is 9.69. The summed E-state index contributed by atoms with van der Waals surface area (Å²) in [7, 11) is 0. The van der Waals surface area contributed by atoms with E-state index in [1.54, 1.807) is 6.92 Å². The predicted molar refractivity (Wildman–Crippen MR) is 82.6 cm³/mol. The van der Waals surface area contributed by atoms with Crippen LogP contribution in [0.25, 0.3) is 0 Å². The Balaban J connectivity index is 1.81. The lowest BCUT2D eigenvalue weighted by molar-refractivity contribution is -0.129. The van der Waals surface area contributed by atoms with E-state index in [0.717, 1.165) is 38.8 Å². The van der Waals surface area contributed by atoms with E-state index in [2.05, 4.69) is 42.6 Å². The third kappa shape index (κ3) is 4.34. The molecule has 0 bridgehead atoms. The lowest BCUT2D eigenvalue weighted by Gasteiger charge is -2.34. The molecule has 1 saturated heterocycles. The van der Waals surface area contributed by atoms with Crippen molar-refractivity contribution in [1.29, 1.82) is 0 Å². The molecule has 1 aromatic rings. The Morgan fingerprint density at radius 2 is 1.95 bits per heavy atom. The number of rotatable bonds is 5. The van der Waals surface area contributed by atoms with E-state index in [1.807, 2.05) is 4.90 Å². The van der Waals surface area contributed by atoms with Gasteiger partial charge >= 0.3 is 0 Å². The molecule has 1 fully saturated rings. The maximum absolute atomic E-state index is 11.3. The summed E-state index contributed by atoms with van der Waals surface area (Å²) in [5, 5.41) is 3.78. The molecule has 1 unspecified atom stereocenters. The van der Waals surface area contributed by atoms with Gasteiger partial charge in [0.15, 0.2) is 0 Å². The predicted octanol–water partition coefficient (Wildman–Crippen LogP) is 2.61. The maximum Gasteiger partial charge on any atom is 0.219 e. The quantitative estimate of drug-likeness (QED) is 0.895. The molecule has 3 heteroatoms. The van der Waals surface area contributed by atoms with Gasteiger partial charge in [-0.05, 0) is 31.2 Å². The highest BCUT2D eigenvalue weighted by Gasteiger charge is 2.22. The molecule has 1 heterocycles. The fourth-order valence-corrected chi connectivity index (χ4v) is 2.91. The molecular weight excluding hydrogens is 248 g/mol. The number of nitrogens with one attached hydrogen (secondary N) is 1. The number of benzene rings is 1. The van der Waals surface area contributed by atoms with E-state index in [0.29, 0.717) is 12.1 Å². The highest BCUT2D eigenvalue weighted by atomic mass is 16.2. The Morgan fingerprint density at radius 3 is 2.50 bits per heavy atom. The first-order valence-corrected chi connectivity index (χ1v) is 7.74. The Hall–Kier alpha value is -1.35. The van der Waals surface area contributed by atoms with Crippen molar-refractivity contribution >= 4 is 5.91 Å². The van der Waals surface area contributed by atoms with Crippen molar-refractivity contribution in [2.24, 2.45) is 0 Å². The highest BCUT2D eigenvalue weighted by Crippen LogP contribution is 2.13. The molecule has 0 radical (unpaired) electrons. The largest absolute Gasteiger partial charge is 0.343 e. The normalized spacial score (nSPS) is 18.0. The number of likely N-dealkylation sites (tertiary alicyclic amines) is 1. The summed E-state index contributed by atoms with van der Waals surface area (Å²) < 4.78 is 0. The van der Waals surface area contributed by atoms with Gasteiger partial charge in [-0.15, -0.1) is 0 Å². The first kappa shape index (κ1) is 15.0. The van der Waals surface area contributed by atoms with Crippen molar-refractivity contribution in [3.8, 4) is 0 Å². The molecule has 20 heavy (non-hydrogen) atoms. The Bertz CT molecular complexity index is 410. The Kier molecular flexibility index (Phi) is 5.60. The molecule has 1 atom stereocenters. The number of piperidine rings is 1.